The molecule has 0 radical (unpaired) electrons. The van der Waals surface area contributed by atoms with Gasteiger partial charge in [-0.25, -0.2) is 0 Å². The van der Waals surface area contributed by atoms with E-state index < -0.39 is 0 Å². The molecule has 1 heterocycles. The summed E-state index contributed by atoms with van der Waals surface area (Å²) >= 11 is 7.78. The standard InChI is InChI=1S/C15H20ClNOS/c1-15(2)10-13(8-9-19-15)17(14(18)11-16)12-6-4-3-5-7-12/h3-7,13H,8-11H2,1-2H3. The average Bonchev–Trinajstić information content (AvgIpc) is 2.39. The summed E-state index contributed by atoms with van der Waals surface area (Å²) in [5.41, 5.74) is 0.959. The molecule has 19 heavy (non-hydrogen) atoms. The van der Waals surface area contributed by atoms with E-state index in [-0.39, 0.29) is 22.6 Å². The van der Waals surface area contributed by atoms with Gasteiger partial charge >= 0.3 is 0 Å². The Morgan fingerprint density at radius 2 is 2.11 bits per heavy atom. The van der Waals surface area contributed by atoms with Crippen molar-refractivity contribution < 1.29 is 4.79 Å². The predicted octanol–water partition coefficient (Wildman–Crippen LogP) is 3.93. The van der Waals surface area contributed by atoms with Crippen LogP contribution in [0.4, 0.5) is 5.69 Å². The first-order valence-electron chi connectivity index (χ1n) is 6.60. The number of rotatable bonds is 3. The molecular formula is C15H20ClNOS. The van der Waals surface area contributed by atoms with Crippen LogP contribution in [0.1, 0.15) is 26.7 Å². The molecule has 0 bridgehead atoms. The van der Waals surface area contributed by atoms with Gasteiger partial charge in [0, 0.05) is 16.5 Å². The number of thioether (sulfide) groups is 1. The number of carbonyl (C=O) groups is 1. The third-order valence-corrected chi connectivity index (χ3v) is 5.07. The molecule has 104 valence electrons. The Morgan fingerprint density at radius 3 is 2.68 bits per heavy atom. The topological polar surface area (TPSA) is 20.3 Å². The summed E-state index contributed by atoms with van der Waals surface area (Å²) in [6, 6.07) is 10.1. The third kappa shape index (κ3) is 3.67. The number of benzene rings is 1. The number of anilines is 1. The van der Waals surface area contributed by atoms with Crippen molar-refractivity contribution >= 4 is 35.0 Å². The number of hydrogen-bond donors (Lipinski definition) is 0. The number of halogens is 1. The van der Waals surface area contributed by atoms with E-state index in [1.54, 1.807) is 0 Å². The van der Waals surface area contributed by atoms with Crippen LogP contribution in [0.3, 0.4) is 0 Å². The van der Waals surface area contributed by atoms with Crippen LogP contribution in [0, 0.1) is 0 Å². The van der Waals surface area contributed by atoms with Crippen molar-refractivity contribution in [3.63, 3.8) is 0 Å². The maximum Gasteiger partial charge on any atom is 0.242 e. The molecule has 0 aromatic heterocycles. The second kappa shape index (κ2) is 6.19. The maximum atomic E-state index is 12.2. The fourth-order valence-electron chi connectivity index (χ4n) is 2.63. The lowest BCUT2D eigenvalue weighted by Gasteiger charge is -2.40. The molecular weight excluding hydrogens is 278 g/mol. The molecule has 0 spiro atoms. The molecule has 2 rings (SSSR count). The van der Waals surface area contributed by atoms with Gasteiger partial charge in [-0.05, 0) is 30.7 Å². The van der Waals surface area contributed by atoms with Crippen molar-refractivity contribution in [2.75, 3.05) is 16.5 Å². The summed E-state index contributed by atoms with van der Waals surface area (Å²) in [5, 5.41) is 0. The Bertz CT molecular complexity index is 435. The lowest BCUT2D eigenvalue weighted by Crippen LogP contribution is -2.46. The summed E-state index contributed by atoms with van der Waals surface area (Å²) in [7, 11) is 0. The van der Waals surface area contributed by atoms with Gasteiger partial charge in [-0.1, -0.05) is 32.0 Å². The van der Waals surface area contributed by atoms with Crippen molar-refractivity contribution in [2.45, 2.75) is 37.5 Å². The van der Waals surface area contributed by atoms with Gasteiger partial charge in [-0.3, -0.25) is 4.79 Å². The molecule has 1 aliphatic heterocycles. The maximum absolute atomic E-state index is 12.2. The quantitative estimate of drug-likeness (QED) is 0.788. The first kappa shape index (κ1) is 14.7. The van der Waals surface area contributed by atoms with Gasteiger partial charge in [0.15, 0.2) is 0 Å². The van der Waals surface area contributed by atoms with Gasteiger partial charge in [0.25, 0.3) is 0 Å². The Hall–Kier alpha value is -0.670. The molecule has 0 aliphatic carbocycles. The second-order valence-electron chi connectivity index (χ2n) is 5.49. The van der Waals surface area contributed by atoms with Gasteiger partial charge in [0.1, 0.15) is 5.88 Å². The number of para-hydroxylation sites is 1. The first-order chi connectivity index (χ1) is 9.03. The summed E-state index contributed by atoms with van der Waals surface area (Å²) in [5.74, 6) is 1.13. The van der Waals surface area contributed by atoms with Gasteiger partial charge in [0.2, 0.25) is 5.91 Å². The largest absolute Gasteiger partial charge is 0.308 e. The van der Waals surface area contributed by atoms with E-state index in [0.717, 1.165) is 24.3 Å². The summed E-state index contributed by atoms with van der Waals surface area (Å²) < 4.78 is 0.225. The van der Waals surface area contributed by atoms with E-state index in [4.69, 9.17) is 11.6 Å². The molecule has 1 saturated heterocycles. The zero-order valence-corrected chi connectivity index (χ0v) is 13.0. The molecule has 1 aromatic carbocycles. The molecule has 1 amide bonds. The average molecular weight is 298 g/mol. The molecule has 2 nitrogen and oxygen atoms in total. The number of nitrogens with zero attached hydrogens (tertiary/aromatic N) is 1. The molecule has 0 N–H and O–H groups in total. The highest BCUT2D eigenvalue weighted by atomic mass is 35.5. The minimum atomic E-state index is 0.000525. The number of carbonyl (C=O) groups excluding carboxylic acids is 1. The summed E-state index contributed by atoms with van der Waals surface area (Å²) in [6.07, 6.45) is 2.04. The highest BCUT2D eigenvalue weighted by molar-refractivity contribution is 8.00. The van der Waals surface area contributed by atoms with Gasteiger partial charge in [-0.15, -0.1) is 11.6 Å². The number of alkyl halides is 1. The van der Waals surface area contributed by atoms with Crippen LogP contribution in [-0.2, 0) is 4.79 Å². The van der Waals surface area contributed by atoms with Gasteiger partial charge in [-0.2, -0.15) is 11.8 Å². The Labute approximate surface area is 124 Å². The van der Waals surface area contributed by atoms with Crippen LogP contribution in [0.15, 0.2) is 30.3 Å². The number of hydrogen-bond acceptors (Lipinski definition) is 2. The molecule has 1 unspecified atom stereocenters. The lowest BCUT2D eigenvalue weighted by atomic mass is 9.98. The smallest absolute Gasteiger partial charge is 0.242 e. The van der Waals surface area contributed by atoms with E-state index in [2.05, 4.69) is 13.8 Å². The van der Waals surface area contributed by atoms with Crippen LogP contribution in [-0.4, -0.2) is 28.3 Å². The van der Waals surface area contributed by atoms with Crippen LogP contribution < -0.4 is 4.90 Å². The molecule has 1 atom stereocenters. The van der Waals surface area contributed by atoms with Crippen LogP contribution in [0.5, 0.6) is 0 Å². The third-order valence-electron chi connectivity index (χ3n) is 3.45. The zero-order valence-electron chi connectivity index (χ0n) is 11.4. The minimum Gasteiger partial charge on any atom is -0.308 e. The normalized spacial score (nSPS) is 21.9. The van der Waals surface area contributed by atoms with Crippen molar-refractivity contribution in [3.8, 4) is 0 Å². The Morgan fingerprint density at radius 1 is 1.42 bits per heavy atom. The second-order valence-corrected chi connectivity index (χ2v) is 7.56. The summed E-state index contributed by atoms with van der Waals surface area (Å²) in [6.45, 7) is 4.50. The predicted molar refractivity (Wildman–Crippen MR) is 84.2 cm³/mol. The number of amides is 1. The first-order valence-corrected chi connectivity index (χ1v) is 8.12. The lowest BCUT2D eigenvalue weighted by molar-refractivity contribution is -0.116. The van der Waals surface area contributed by atoms with E-state index in [9.17, 15) is 4.79 Å². The molecule has 4 heteroatoms. The van der Waals surface area contributed by atoms with Crippen molar-refractivity contribution in [2.24, 2.45) is 0 Å². The van der Waals surface area contributed by atoms with E-state index in [1.807, 2.05) is 47.0 Å². The van der Waals surface area contributed by atoms with Crippen LogP contribution in [0.2, 0.25) is 0 Å². The van der Waals surface area contributed by atoms with Crippen molar-refractivity contribution in [1.82, 2.24) is 0 Å². The van der Waals surface area contributed by atoms with E-state index in [1.165, 1.54) is 0 Å². The van der Waals surface area contributed by atoms with E-state index >= 15 is 0 Å². The van der Waals surface area contributed by atoms with Gasteiger partial charge < -0.3 is 4.90 Å². The minimum absolute atomic E-state index is 0.000525. The molecule has 0 saturated carbocycles. The summed E-state index contributed by atoms with van der Waals surface area (Å²) in [4.78, 5) is 14.1. The van der Waals surface area contributed by atoms with Crippen molar-refractivity contribution in [3.05, 3.63) is 30.3 Å². The molecule has 1 aliphatic rings. The Kier molecular flexibility index (Phi) is 4.80. The zero-order chi connectivity index (χ0) is 13.9. The fourth-order valence-corrected chi connectivity index (χ4v) is 4.01. The monoisotopic (exact) mass is 297 g/mol. The highest BCUT2D eigenvalue weighted by Gasteiger charge is 2.34. The molecule has 1 aromatic rings. The van der Waals surface area contributed by atoms with E-state index in [0.29, 0.717) is 0 Å². The van der Waals surface area contributed by atoms with Crippen molar-refractivity contribution in [1.29, 1.82) is 0 Å². The molecule has 1 fully saturated rings. The SMILES string of the molecule is CC1(C)CC(N(C(=O)CCl)c2ccccc2)CCS1. The highest BCUT2D eigenvalue weighted by Crippen LogP contribution is 2.38. The van der Waals surface area contributed by atoms with Crippen LogP contribution in [0.25, 0.3) is 0 Å². The van der Waals surface area contributed by atoms with Gasteiger partial charge in [0.05, 0.1) is 0 Å². The Balaban J connectivity index is 2.26. The fraction of sp³-hybridized carbons (Fsp3) is 0.533. The van der Waals surface area contributed by atoms with Crippen LogP contribution >= 0.6 is 23.4 Å².